The van der Waals surface area contributed by atoms with E-state index in [1.807, 2.05) is 36.5 Å². The summed E-state index contributed by atoms with van der Waals surface area (Å²) in [5.74, 6) is 1.62. The van der Waals surface area contributed by atoms with Crippen molar-refractivity contribution >= 4 is 33.4 Å². The minimum absolute atomic E-state index is 0.633. The fourth-order valence-electron chi connectivity index (χ4n) is 2.28. The van der Waals surface area contributed by atoms with Crippen LogP contribution in [0.4, 0.5) is 17.5 Å². The van der Waals surface area contributed by atoms with Crippen LogP contribution in [0.3, 0.4) is 0 Å². The lowest BCUT2D eigenvalue weighted by Crippen LogP contribution is -2.44. The molecule has 3 rings (SSSR count). The van der Waals surface area contributed by atoms with Crippen LogP contribution in [0.1, 0.15) is 0 Å². The Kier molecular flexibility index (Phi) is 4.36. The highest BCUT2D eigenvalue weighted by Crippen LogP contribution is 2.19. The van der Waals surface area contributed by atoms with Gasteiger partial charge in [-0.2, -0.15) is 4.98 Å². The molecule has 5 nitrogen and oxygen atoms in total. The van der Waals surface area contributed by atoms with E-state index < -0.39 is 0 Å². The van der Waals surface area contributed by atoms with E-state index in [4.69, 9.17) is 0 Å². The second kappa shape index (κ2) is 6.41. The molecule has 0 bridgehead atoms. The molecule has 0 aliphatic carbocycles. The fraction of sp³-hybridized carbons (Fsp3) is 0.333. The van der Waals surface area contributed by atoms with E-state index in [9.17, 15) is 0 Å². The Morgan fingerprint density at radius 3 is 2.48 bits per heavy atom. The number of anilines is 3. The number of aromatic nitrogens is 2. The quantitative estimate of drug-likeness (QED) is 0.924. The summed E-state index contributed by atoms with van der Waals surface area (Å²) in [4.78, 5) is 13.5. The number of halogens is 1. The van der Waals surface area contributed by atoms with Crippen LogP contribution in [0, 0.1) is 0 Å². The summed E-state index contributed by atoms with van der Waals surface area (Å²) in [6, 6.07) is 9.95. The summed E-state index contributed by atoms with van der Waals surface area (Å²) in [6.07, 6.45) is 1.81. The maximum Gasteiger partial charge on any atom is 0.229 e. The lowest BCUT2D eigenvalue weighted by Gasteiger charge is -2.33. The molecule has 1 aliphatic heterocycles. The predicted octanol–water partition coefficient (Wildman–Crippen LogP) is 2.73. The number of likely N-dealkylation sites (N-methyl/N-ethyl adjacent to an activating group) is 1. The summed E-state index contributed by atoms with van der Waals surface area (Å²) in [7, 11) is 2.15. The molecule has 0 amide bonds. The van der Waals surface area contributed by atoms with Crippen LogP contribution in [-0.4, -0.2) is 48.1 Å². The smallest absolute Gasteiger partial charge is 0.229 e. The Morgan fingerprint density at radius 1 is 1.05 bits per heavy atom. The van der Waals surface area contributed by atoms with E-state index in [-0.39, 0.29) is 0 Å². The van der Waals surface area contributed by atoms with Gasteiger partial charge < -0.3 is 15.1 Å². The van der Waals surface area contributed by atoms with Gasteiger partial charge in [-0.05, 0) is 37.4 Å². The molecule has 21 heavy (non-hydrogen) atoms. The summed E-state index contributed by atoms with van der Waals surface area (Å²) in [5, 5.41) is 3.24. The predicted molar refractivity (Wildman–Crippen MR) is 89.2 cm³/mol. The number of hydrogen-bond donors (Lipinski definition) is 1. The van der Waals surface area contributed by atoms with E-state index in [0.717, 1.165) is 42.2 Å². The molecule has 0 radical (unpaired) electrons. The SMILES string of the molecule is CN1CCN(c2ccnc(Nc3ccc(Br)cc3)n2)CC1. The average Bonchev–Trinajstić information content (AvgIpc) is 2.51. The van der Waals surface area contributed by atoms with Crippen molar-refractivity contribution in [3.05, 3.63) is 41.0 Å². The largest absolute Gasteiger partial charge is 0.354 e. The molecule has 1 saturated heterocycles. The third-order valence-corrected chi connectivity index (χ3v) is 4.10. The van der Waals surface area contributed by atoms with Crippen molar-refractivity contribution in [1.29, 1.82) is 0 Å². The summed E-state index contributed by atoms with van der Waals surface area (Å²) in [6.45, 7) is 4.15. The molecule has 6 heteroatoms. The monoisotopic (exact) mass is 347 g/mol. The van der Waals surface area contributed by atoms with Crippen LogP contribution in [0.25, 0.3) is 0 Å². The molecule has 1 aromatic carbocycles. The average molecular weight is 348 g/mol. The first kappa shape index (κ1) is 14.3. The first-order valence-electron chi connectivity index (χ1n) is 7.00. The van der Waals surface area contributed by atoms with Gasteiger partial charge in [0.25, 0.3) is 0 Å². The van der Waals surface area contributed by atoms with Gasteiger partial charge in [0.15, 0.2) is 0 Å². The van der Waals surface area contributed by atoms with Gasteiger partial charge in [-0.3, -0.25) is 0 Å². The standard InChI is InChI=1S/C15H18BrN5/c1-20-8-10-21(11-9-20)14-6-7-17-15(19-14)18-13-4-2-12(16)3-5-13/h2-7H,8-11H2,1H3,(H,17,18,19). The lowest BCUT2D eigenvalue weighted by atomic mass is 10.3. The van der Waals surface area contributed by atoms with Crippen molar-refractivity contribution in [2.24, 2.45) is 0 Å². The zero-order valence-electron chi connectivity index (χ0n) is 12.0. The third-order valence-electron chi connectivity index (χ3n) is 3.57. The van der Waals surface area contributed by atoms with Crippen LogP contribution < -0.4 is 10.2 Å². The summed E-state index contributed by atoms with van der Waals surface area (Å²) < 4.78 is 1.06. The van der Waals surface area contributed by atoms with Crippen LogP contribution >= 0.6 is 15.9 Å². The highest BCUT2D eigenvalue weighted by atomic mass is 79.9. The van der Waals surface area contributed by atoms with E-state index in [1.165, 1.54) is 0 Å². The Hall–Kier alpha value is -1.66. The molecular weight excluding hydrogens is 330 g/mol. The van der Waals surface area contributed by atoms with Crippen molar-refractivity contribution in [2.45, 2.75) is 0 Å². The topological polar surface area (TPSA) is 44.3 Å². The highest BCUT2D eigenvalue weighted by molar-refractivity contribution is 9.10. The van der Waals surface area contributed by atoms with Crippen molar-refractivity contribution < 1.29 is 0 Å². The molecule has 2 heterocycles. The molecule has 1 aromatic heterocycles. The van der Waals surface area contributed by atoms with Crippen LogP contribution in [0.5, 0.6) is 0 Å². The molecule has 0 unspecified atom stereocenters. The van der Waals surface area contributed by atoms with Gasteiger partial charge >= 0.3 is 0 Å². The lowest BCUT2D eigenvalue weighted by molar-refractivity contribution is 0.312. The van der Waals surface area contributed by atoms with E-state index in [2.05, 4.69) is 48.1 Å². The van der Waals surface area contributed by atoms with Crippen molar-refractivity contribution in [3.8, 4) is 0 Å². The molecule has 0 spiro atoms. The number of piperazine rings is 1. The summed E-state index contributed by atoms with van der Waals surface area (Å²) in [5.41, 5.74) is 0.980. The molecule has 2 aromatic rings. The number of nitrogens with zero attached hydrogens (tertiary/aromatic N) is 4. The van der Waals surface area contributed by atoms with Gasteiger partial charge in [-0.15, -0.1) is 0 Å². The first-order valence-corrected chi connectivity index (χ1v) is 7.79. The van der Waals surface area contributed by atoms with Gasteiger partial charge in [0.1, 0.15) is 5.82 Å². The van der Waals surface area contributed by atoms with Crippen molar-refractivity contribution in [3.63, 3.8) is 0 Å². The molecule has 1 aliphatic rings. The maximum absolute atomic E-state index is 4.61. The minimum atomic E-state index is 0.633. The molecular formula is C15H18BrN5. The van der Waals surface area contributed by atoms with Gasteiger partial charge in [0.2, 0.25) is 5.95 Å². The minimum Gasteiger partial charge on any atom is -0.354 e. The van der Waals surface area contributed by atoms with Crippen molar-refractivity contribution in [2.75, 3.05) is 43.4 Å². The Bertz CT molecular complexity index is 593. The highest BCUT2D eigenvalue weighted by Gasteiger charge is 2.15. The Labute approximate surface area is 133 Å². The zero-order chi connectivity index (χ0) is 14.7. The molecule has 0 saturated carbocycles. The second-order valence-corrected chi connectivity index (χ2v) is 6.08. The number of hydrogen-bond acceptors (Lipinski definition) is 5. The zero-order valence-corrected chi connectivity index (χ0v) is 13.5. The second-order valence-electron chi connectivity index (χ2n) is 5.16. The van der Waals surface area contributed by atoms with Crippen LogP contribution in [0.2, 0.25) is 0 Å². The molecule has 1 N–H and O–H groups in total. The number of rotatable bonds is 3. The normalized spacial score (nSPS) is 16.0. The fourth-order valence-corrected chi connectivity index (χ4v) is 2.55. The van der Waals surface area contributed by atoms with Gasteiger partial charge in [0, 0.05) is 42.5 Å². The van der Waals surface area contributed by atoms with Crippen LogP contribution in [0.15, 0.2) is 41.0 Å². The third kappa shape index (κ3) is 3.71. The van der Waals surface area contributed by atoms with Gasteiger partial charge in [-0.25, -0.2) is 4.98 Å². The molecule has 110 valence electrons. The molecule has 0 atom stereocenters. The van der Waals surface area contributed by atoms with Crippen molar-refractivity contribution in [1.82, 2.24) is 14.9 Å². The van der Waals surface area contributed by atoms with E-state index in [1.54, 1.807) is 0 Å². The van der Waals surface area contributed by atoms with Crippen LogP contribution in [-0.2, 0) is 0 Å². The first-order chi connectivity index (χ1) is 10.2. The summed E-state index contributed by atoms with van der Waals surface area (Å²) >= 11 is 3.43. The number of nitrogens with one attached hydrogen (secondary N) is 1. The Morgan fingerprint density at radius 2 is 1.76 bits per heavy atom. The maximum atomic E-state index is 4.61. The van der Waals surface area contributed by atoms with E-state index >= 15 is 0 Å². The van der Waals surface area contributed by atoms with Gasteiger partial charge in [-0.1, -0.05) is 15.9 Å². The molecule has 1 fully saturated rings. The van der Waals surface area contributed by atoms with Gasteiger partial charge in [0.05, 0.1) is 0 Å². The number of benzene rings is 1. The Balaban J connectivity index is 1.72. The van der Waals surface area contributed by atoms with E-state index in [0.29, 0.717) is 5.95 Å².